The minimum absolute atomic E-state index is 0.161. The van der Waals surface area contributed by atoms with Crippen molar-refractivity contribution in [3.63, 3.8) is 0 Å². The summed E-state index contributed by atoms with van der Waals surface area (Å²) >= 11 is 0. The number of aliphatic hydroxyl groups excluding tert-OH is 2. The zero-order chi connectivity index (χ0) is 30.1. The zero-order valence-corrected chi connectivity index (χ0v) is 23.8. The fourth-order valence-corrected chi connectivity index (χ4v) is 6.67. The summed E-state index contributed by atoms with van der Waals surface area (Å²) in [6, 6.07) is 17.2. The second-order valence-electron chi connectivity index (χ2n) is 11.3. The quantitative estimate of drug-likeness (QED) is 0.152. The zero-order valence-electron chi connectivity index (χ0n) is 23.8. The third-order valence-corrected chi connectivity index (χ3v) is 8.74. The molecular weight excluding hydrogens is 533 g/mol. The molecule has 0 radical (unpaired) electrons. The molecule has 1 saturated heterocycles. The molecule has 0 saturated carbocycles. The van der Waals surface area contributed by atoms with E-state index in [2.05, 4.69) is 0 Å². The molecule has 9 heteroatoms. The Hall–Kier alpha value is -3.76. The second-order valence-corrected chi connectivity index (χ2v) is 11.3. The lowest BCUT2D eigenvalue weighted by atomic mass is 9.67. The molecule has 3 aromatic carbocycles. The number of imide groups is 1. The lowest BCUT2D eigenvalue weighted by Crippen LogP contribution is -2.39. The van der Waals surface area contributed by atoms with Gasteiger partial charge in [0, 0.05) is 11.3 Å². The highest BCUT2D eigenvalue weighted by molar-refractivity contribution is 6.58. The van der Waals surface area contributed by atoms with E-state index in [0.29, 0.717) is 31.3 Å². The normalized spacial score (nSPS) is 21.7. The Labute approximate surface area is 245 Å². The molecule has 0 unspecified atom stereocenters. The largest absolute Gasteiger partial charge is 0.507 e. The summed E-state index contributed by atoms with van der Waals surface area (Å²) in [5.74, 6) is -2.79. The van der Waals surface area contributed by atoms with Gasteiger partial charge in [0.05, 0.1) is 30.2 Å². The van der Waals surface area contributed by atoms with Crippen LogP contribution in [0, 0.1) is 17.8 Å². The number of fused-ring (bicyclic) bond motifs is 2. The summed E-state index contributed by atoms with van der Waals surface area (Å²) in [5, 5.41) is 53.1. The minimum Gasteiger partial charge on any atom is -0.507 e. The Morgan fingerprint density at radius 2 is 1.79 bits per heavy atom. The van der Waals surface area contributed by atoms with E-state index in [1.807, 2.05) is 50.3 Å². The SMILES string of the molecule is CCC1=C([C@H](O)CC/C(C)=C/c2ccc(O)c3ccccc23)[C@H](CO)[C@@H]2C(=O)N(c3cccc(B(O)O)c3)C(=O)[C@@H]2C1. The highest BCUT2D eigenvalue weighted by atomic mass is 16.4. The number of aliphatic hydroxyl groups is 2. The van der Waals surface area contributed by atoms with E-state index in [1.165, 1.54) is 12.1 Å². The number of carbonyl (C=O) groups is 2. The molecule has 2 amide bonds. The fourth-order valence-electron chi connectivity index (χ4n) is 6.67. The number of rotatable bonds is 9. The van der Waals surface area contributed by atoms with Crippen LogP contribution in [0.25, 0.3) is 16.8 Å². The molecule has 4 atom stereocenters. The van der Waals surface area contributed by atoms with Gasteiger partial charge >= 0.3 is 7.12 Å². The molecule has 1 fully saturated rings. The van der Waals surface area contributed by atoms with Crippen molar-refractivity contribution in [2.75, 3.05) is 11.5 Å². The number of carbonyl (C=O) groups excluding carboxylic acids is 2. The number of amides is 2. The van der Waals surface area contributed by atoms with Crippen molar-refractivity contribution in [2.45, 2.75) is 45.6 Å². The molecular formula is C33H36BNO7. The molecule has 1 aliphatic carbocycles. The number of allylic oxidation sites excluding steroid dienone is 2. The average molecular weight is 569 g/mol. The standard InChI is InChI=1S/C33H36BNO7/c1-3-20-16-26-31(33(40)35(32(26)39)23-8-6-7-22(17-23)34(41)42)27(18-36)30(20)29(38)13-11-19(2)15-21-12-14-28(37)25-10-5-4-9-24(21)25/h4-10,12,14-15,17,26-27,29,31,36-38,41-42H,3,11,13,16,18H2,1-2H3/b19-15+/t26-,27+,29-,31-/m1/s1. The summed E-state index contributed by atoms with van der Waals surface area (Å²) in [6.07, 6.45) is 2.99. The lowest BCUT2D eigenvalue weighted by molar-refractivity contribution is -0.123. The first-order valence-corrected chi connectivity index (χ1v) is 14.4. The van der Waals surface area contributed by atoms with Gasteiger partial charge in [-0.1, -0.05) is 66.6 Å². The topological polar surface area (TPSA) is 139 Å². The van der Waals surface area contributed by atoms with Crippen molar-refractivity contribution in [1.82, 2.24) is 0 Å². The molecule has 0 spiro atoms. The Balaban J connectivity index is 1.38. The van der Waals surface area contributed by atoms with Gasteiger partial charge in [0.1, 0.15) is 5.75 Å². The predicted molar refractivity (Wildman–Crippen MR) is 163 cm³/mol. The van der Waals surface area contributed by atoms with Gasteiger partial charge in [0.25, 0.3) is 0 Å². The first-order chi connectivity index (χ1) is 20.2. The molecule has 3 aromatic rings. The van der Waals surface area contributed by atoms with Gasteiger partial charge in [-0.3, -0.25) is 14.5 Å². The Kier molecular flexibility index (Phi) is 8.66. The summed E-state index contributed by atoms with van der Waals surface area (Å²) in [4.78, 5) is 28.3. The van der Waals surface area contributed by atoms with E-state index < -0.39 is 36.9 Å². The number of phenolic OH excluding ortho intramolecular Hbond substituents is 1. The van der Waals surface area contributed by atoms with Crippen LogP contribution in [0.2, 0.25) is 0 Å². The maximum absolute atomic E-state index is 13.7. The van der Waals surface area contributed by atoms with Crippen molar-refractivity contribution < 1.29 is 35.0 Å². The summed E-state index contributed by atoms with van der Waals surface area (Å²) < 4.78 is 0. The van der Waals surface area contributed by atoms with Gasteiger partial charge < -0.3 is 25.4 Å². The van der Waals surface area contributed by atoms with Crippen LogP contribution >= 0.6 is 0 Å². The number of hydrogen-bond donors (Lipinski definition) is 5. The number of anilines is 1. The Morgan fingerprint density at radius 1 is 1.05 bits per heavy atom. The van der Waals surface area contributed by atoms with Gasteiger partial charge in [0.15, 0.2) is 0 Å². The van der Waals surface area contributed by atoms with Crippen LogP contribution in [-0.4, -0.2) is 57.0 Å². The maximum atomic E-state index is 13.7. The fraction of sp³-hybridized carbons (Fsp3) is 0.333. The van der Waals surface area contributed by atoms with Gasteiger partial charge in [-0.15, -0.1) is 0 Å². The van der Waals surface area contributed by atoms with Crippen molar-refractivity contribution in [1.29, 1.82) is 0 Å². The monoisotopic (exact) mass is 569 g/mol. The summed E-state index contributed by atoms with van der Waals surface area (Å²) in [7, 11) is -1.74. The number of nitrogens with zero attached hydrogens (tertiary/aromatic N) is 1. The van der Waals surface area contributed by atoms with Crippen LogP contribution in [-0.2, 0) is 9.59 Å². The molecule has 1 heterocycles. The lowest BCUT2D eigenvalue weighted by Gasteiger charge is -2.36. The average Bonchev–Trinajstić information content (AvgIpc) is 3.25. The number of hydrogen-bond acceptors (Lipinski definition) is 7. The van der Waals surface area contributed by atoms with Gasteiger partial charge in [-0.05, 0) is 72.8 Å². The highest BCUT2D eigenvalue weighted by Gasteiger charge is 2.55. The van der Waals surface area contributed by atoms with E-state index in [9.17, 15) is 35.0 Å². The van der Waals surface area contributed by atoms with Crippen LogP contribution in [0.1, 0.15) is 45.1 Å². The van der Waals surface area contributed by atoms with Gasteiger partial charge in [0.2, 0.25) is 11.8 Å². The molecule has 42 heavy (non-hydrogen) atoms. The van der Waals surface area contributed by atoms with Crippen LogP contribution in [0.4, 0.5) is 5.69 Å². The third-order valence-electron chi connectivity index (χ3n) is 8.74. The minimum atomic E-state index is -1.74. The van der Waals surface area contributed by atoms with Crippen LogP contribution in [0.15, 0.2) is 77.4 Å². The molecule has 0 bridgehead atoms. The molecule has 5 rings (SSSR count). The van der Waals surface area contributed by atoms with Gasteiger partial charge in [-0.2, -0.15) is 0 Å². The first kappa shape index (κ1) is 29.7. The Bertz CT molecular complexity index is 1580. The Morgan fingerprint density at radius 3 is 2.48 bits per heavy atom. The first-order valence-electron chi connectivity index (χ1n) is 14.4. The van der Waals surface area contributed by atoms with Crippen molar-refractivity contribution in [3.8, 4) is 5.75 Å². The number of phenols is 1. The van der Waals surface area contributed by atoms with Crippen molar-refractivity contribution in [3.05, 3.63) is 82.9 Å². The van der Waals surface area contributed by atoms with E-state index in [1.54, 1.807) is 18.2 Å². The molecule has 5 N–H and O–H groups in total. The van der Waals surface area contributed by atoms with Crippen LogP contribution in [0.3, 0.4) is 0 Å². The van der Waals surface area contributed by atoms with E-state index in [0.717, 1.165) is 32.4 Å². The van der Waals surface area contributed by atoms with E-state index in [4.69, 9.17) is 0 Å². The predicted octanol–water partition coefficient (Wildman–Crippen LogP) is 3.29. The maximum Gasteiger partial charge on any atom is 0.488 e. The van der Waals surface area contributed by atoms with Crippen molar-refractivity contribution >= 4 is 46.9 Å². The summed E-state index contributed by atoms with van der Waals surface area (Å²) in [5.41, 5.74) is 3.94. The molecule has 0 aromatic heterocycles. The van der Waals surface area contributed by atoms with Gasteiger partial charge in [-0.25, -0.2) is 0 Å². The van der Waals surface area contributed by atoms with E-state index >= 15 is 0 Å². The third kappa shape index (κ3) is 5.41. The molecule has 2 aliphatic rings. The number of benzene rings is 3. The summed E-state index contributed by atoms with van der Waals surface area (Å²) in [6.45, 7) is 3.55. The van der Waals surface area contributed by atoms with Crippen molar-refractivity contribution in [2.24, 2.45) is 17.8 Å². The smallest absolute Gasteiger partial charge is 0.488 e. The van der Waals surface area contributed by atoms with Crippen LogP contribution < -0.4 is 10.4 Å². The molecule has 8 nitrogen and oxygen atoms in total. The highest BCUT2D eigenvalue weighted by Crippen LogP contribution is 2.48. The van der Waals surface area contributed by atoms with E-state index in [-0.39, 0.29) is 29.4 Å². The molecule has 218 valence electrons. The number of aromatic hydroxyl groups is 1. The second kappa shape index (κ2) is 12.2. The molecule has 1 aliphatic heterocycles. The van der Waals surface area contributed by atoms with Crippen LogP contribution in [0.5, 0.6) is 5.75 Å².